The van der Waals surface area contributed by atoms with Gasteiger partial charge in [0, 0.05) is 12.6 Å². The molecule has 1 unspecified atom stereocenters. The van der Waals surface area contributed by atoms with Crippen LogP contribution in [0.5, 0.6) is 0 Å². The number of anilines is 1. The minimum Gasteiger partial charge on any atom is -0.308 e. The van der Waals surface area contributed by atoms with E-state index in [1.807, 2.05) is 0 Å². The Morgan fingerprint density at radius 1 is 1.00 bits per heavy atom. The van der Waals surface area contributed by atoms with E-state index in [-0.39, 0.29) is 23.4 Å². The normalized spacial score (nSPS) is 14.2. The molecule has 2 aromatic carbocycles. The second kappa shape index (κ2) is 8.67. The molecule has 33 heavy (non-hydrogen) atoms. The van der Waals surface area contributed by atoms with E-state index in [1.165, 1.54) is 12.1 Å². The monoisotopic (exact) mass is 473 g/mol. The number of benzene rings is 2. The average Bonchev–Trinajstić information content (AvgIpc) is 3.04. The zero-order valence-electron chi connectivity index (χ0n) is 16.8. The molecule has 3 amide bonds. The summed E-state index contributed by atoms with van der Waals surface area (Å²) in [5.41, 5.74) is -0.0783. The van der Waals surface area contributed by atoms with E-state index >= 15 is 0 Å². The molecule has 0 radical (unpaired) electrons. The molecule has 0 fully saturated rings. The number of hydrogen-bond donors (Lipinski definition) is 1. The smallest absolute Gasteiger partial charge is 0.308 e. The van der Waals surface area contributed by atoms with E-state index in [4.69, 9.17) is 11.6 Å². The van der Waals surface area contributed by atoms with Gasteiger partial charge in [0.15, 0.2) is 5.82 Å². The van der Waals surface area contributed by atoms with Crippen molar-refractivity contribution in [2.75, 3.05) is 5.32 Å². The van der Waals surface area contributed by atoms with Crippen molar-refractivity contribution in [3.63, 3.8) is 0 Å². The van der Waals surface area contributed by atoms with Crippen LogP contribution in [0, 0.1) is 0 Å². The standard InChI is InChI=1S/C23H15ClF3N3O3/c24-17-11-14(23(25,26)27)12-28-19(17)29-20(31)18(10-13-6-2-1-3-7-13)30-21(32)15-8-4-5-9-16(15)22(30)33/h1-9,11-12,18H,10H2,(H,28,29,31). The van der Waals surface area contributed by atoms with Gasteiger partial charge in [-0.3, -0.25) is 19.3 Å². The lowest BCUT2D eigenvalue weighted by atomic mass is 10.0. The van der Waals surface area contributed by atoms with Crippen molar-refractivity contribution in [2.45, 2.75) is 18.6 Å². The lowest BCUT2D eigenvalue weighted by Crippen LogP contribution is -2.48. The van der Waals surface area contributed by atoms with Crippen molar-refractivity contribution >= 4 is 35.1 Å². The predicted molar refractivity (Wildman–Crippen MR) is 114 cm³/mol. The molecule has 0 saturated heterocycles. The second-order valence-electron chi connectivity index (χ2n) is 7.27. The molecule has 1 atom stereocenters. The first kappa shape index (κ1) is 22.5. The molecule has 2 heterocycles. The summed E-state index contributed by atoms with van der Waals surface area (Å²) < 4.78 is 38.7. The van der Waals surface area contributed by atoms with Gasteiger partial charge in [0.2, 0.25) is 5.91 Å². The van der Waals surface area contributed by atoms with Gasteiger partial charge in [-0.15, -0.1) is 0 Å². The number of fused-ring (bicyclic) bond motifs is 1. The van der Waals surface area contributed by atoms with Gasteiger partial charge in [-0.1, -0.05) is 54.1 Å². The number of alkyl halides is 3. The van der Waals surface area contributed by atoms with Gasteiger partial charge >= 0.3 is 6.18 Å². The Hall–Kier alpha value is -3.72. The molecular weight excluding hydrogens is 459 g/mol. The Morgan fingerprint density at radius 2 is 1.58 bits per heavy atom. The molecule has 3 aromatic rings. The molecule has 1 aromatic heterocycles. The van der Waals surface area contributed by atoms with Gasteiger partial charge < -0.3 is 5.32 Å². The number of hydrogen-bond acceptors (Lipinski definition) is 4. The van der Waals surface area contributed by atoms with Crippen LogP contribution in [0.2, 0.25) is 5.02 Å². The molecule has 4 rings (SSSR count). The maximum absolute atomic E-state index is 13.2. The number of nitrogens with one attached hydrogen (secondary N) is 1. The number of rotatable bonds is 5. The summed E-state index contributed by atoms with van der Waals surface area (Å²) in [6, 6.07) is 14.2. The van der Waals surface area contributed by atoms with Gasteiger partial charge in [0.25, 0.3) is 11.8 Å². The maximum Gasteiger partial charge on any atom is 0.417 e. The fourth-order valence-electron chi connectivity index (χ4n) is 3.51. The Balaban J connectivity index is 1.67. The molecule has 0 bridgehead atoms. The highest BCUT2D eigenvalue weighted by molar-refractivity contribution is 6.33. The van der Waals surface area contributed by atoms with Crippen molar-refractivity contribution in [1.29, 1.82) is 0 Å². The van der Waals surface area contributed by atoms with Crippen LogP contribution in [0.4, 0.5) is 19.0 Å². The lowest BCUT2D eigenvalue weighted by molar-refractivity contribution is -0.137. The molecule has 0 aliphatic carbocycles. The van der Waals surface area contributed by atoms with Crippen LogP contribution in [0.15, 0.2) is 66.9 Å². The van der Waals surface area contributed by atoms with Crippen molar-refractivity contribution < 1.29 is 27.6 Å². The zero-order valence-corrected chi connectivity index (χ0v) is 17.5. The summed E-state index contributed by atoms with van der Waals surface area (Å²) in [7, 11) is 0. The Labute approximate surface area is 191 Å². The number of imide groups is 1. The van der Waals surface area contributed by atoms with Crippen molar-refractivity contribution in [1.82, 2.24) is 9.88 Å². The van der Waals surface area contributed by atoms with E-state index in [0.29, 0.717) is 17.8 Å². The topological polar surface area (TPSA) is 79.4 Å². The van der Waals surface area contributed by atoms with Crippen molar-refractivity contribution in [2.24, 2.45) is 0 Å². The highest BCUT2D eigenvalue weighted by Crippen LogP contribution is 2.33. The summed E-state index contributed by atoms with van der Waals surface area (Å²) in [6.07, 6.45) is -4.14. The van der Waals surface area contributed by atoms with Crippen LogP contribution in [0.3, 0.4) is 0 Å². The van der Waals surface area contributed by atoms with Gasteiger partial charge in [-0.25, -0.2) is 4.98 Å². The number of nitrogens with zero attached hydrogens (tertiary/aromatic N) is 2. The van der Waals surface area contributed by atoms with Crippen LogP contribution in [0.25, 0.3) is 0 Å². The summed E-state index contributed by atoms with van der Waals surface area (Å²) in [6.45, 7) is 0. The fraction of sp³-hybridized carbons (Fsp3) is 0.130. The number of carbonyl (C=O) groups is 3. The van der Waals surface area contributed by atoms with Crippen LogP contribution >= 0.6 is 11.6 Å². The molecule has 0 spiro atoms. The molecule has 0 saturated carbocycles. The minimum atomic E-state index is -4.66. The fourth-order valence-corrected chi connectivity index (χ4v) is 3.73. The second-order valence-corrected chi connectivity index (χ2v) is 7.68. The number of pyridine rings is 1. The third-order valence-electron chi connectivity index (χ3n) is 5.12. The predicted octanol–water partition coefficient (Wildman–Crippen LogP) is 4.60. The molecule has 1 N–H and O–H groups in total. The quantitative estimate of drug-likeness (QED) is 0.549. The number of carbonyl (C=O) groups excluding carboxylic acids is 3. The van der Waals surface area contributed by atoms with E-state index in [2.05, 4.69) is 10.3 Å². The van der Waals surface area contributed by atoms with Crippen LogP contribution in [-0.2, 0) is 17.4 Å². The average molecular weight is 474 g/mol. The van der Waals surface area contributed by atoms with Gasteiger partial charge in [-0.05, 0) is 23.8 Å². The van der Waals surface area contributed by atoms with Crippen molar-refractivity contribution in [3.8, 4) is 0 Å². The molecule has 6 nitrogen and oxygen atoms in total. The van der Waals surface area contributed by atoms with Gasteiger partial charge in [0.05, 0.1) is 21.7 Å². The highest BCUT2D eigenvalue weighted by atomic mass is 35.5. The molecule has 10 heteroatoms. The first-order valence-corrected chi connectivity index (χ1v) is 10.1. The van der Waals surface area contributed by atoms with Gasteiger partial charge in [0.1, 0.15) is 6.04 Å². The molecular formula is C23H15ClF3N3O3. The molecule has 168 valence electrons. The first-order chi connectivity index (χ1) is 15.7. The zero-order chi connectivity index (χ0) is 23.8. The summed E-state index contributed by atoms with van der Waals surface area (Å²) in [5.74, 6) is -2.41. The first-order valence-electron chi connectivity index (χ1n) is 9.71. The summed E-state index contributed by atoms with van der Waals surface area (Å²) in [4.78, 5) is 43.6. The highest BCUT2D eigenvalue weighted by Gasteiger charge is 2.43. The Morgan fingerprint density at radius 3 is 2.12 bits per heavy atom. The Bertz CT molecular complexity index is 1210. The largest absolute Gasteiger partial charge is 0.417 e. The summed E-state index contributed by atoms with van der Waals surface area (Å²) in [5, 5.41) is 1.93. The molecule has 1 aliphatic rings. The SMILES string of the molecule is O=C(Nc1ncc(C(F)(F)F)cc1Cl)C(Cc1ccccc1)N1C(=O)c2ccccc2C1=O. The summed E-state index contributed by atoms with van der Waals surface area (Å²) >= 11 is 5.91. The lowest BCUT2D eigenvalue weighted by Gasteiger charge is -2.25. The maximum atomic E-state index is 13.2. The van der Waals surface area contributed by atoms with E-state index in [9.17, 15) is 27.6 Å². The van der Waals surface area contributed by atoms with Crippen LogP contribution in [0.1, 0.15) is 31.8 Å². The number of amides is 3. The third kappa shape index (κ3) is 4.45. The minimum absolute atomic E-state index is 0.0175. The molecule has 1 aliphatic heterocycles. The number of aromatic nitrogens is 1. The van der Waals surface area contributed by atoms with E-state index in [1.54, 1.807) is 42.5 Å². The van der Waals surface area contributed by atoms with Gasteiger partial charge in [-0.2, -0.15) is 13.2 Å². The Kier molecular flexibility index (Phi) is 5.90. The van der Waals surface area contributed by atoms with Crippen LogP contribution in [-0.4, -0.2) is 33.6 Å². The third-order valence-corrected chi connectivity index (χ3v) is 5.41. The van der Waals surface area contributed by atoms with Crippen molar-refractivity contribution in [3.05, 3.63) is 94.1 Å². The number of halogens is 4. The van der Waals surface area contributed by atoms with Crippen LogP contribution < -0.4 is 5.32 Å². The van der Waals surface area contributed by atoms with E-state index < -0.39 is 40.5 Å². The van der Waals surface area contributed by atoms with E-state index in [0.717, 1.165) is 4.90 Å².